The first-order chi connectivity index (χ1) is 4.19. The Bertz CT molecular complexity index is 149. The third kappa shape index (κ3) is 1.44. The number of hydrogen-bond donors (Lipinski definition) is 0. The van der Waals surface area contributed by atoms with Crippen molar-refractivity contribution in [1.29, 1.82) is 0 Å². The molecule has 2 nitrogen and oxygen atoms in total. The first-order valence-corrected chi connectivity index (χ1v) is 3.78. The lowest BCUT2D eigenvalue weighted by molar-refractivity contribution is -0.137. The molecule has 0 N–H and O–H groups in total. The topological polar surface area (TPSA) is 26.3 Å². The fourth-order valence-electron chi connectivity index (χ4n) is 0.495. The van der Waals surface area contributed by atoms with E-state index in [2.05, 4.69) is 33.9 Å². The molecule has 0 heterocycles. The zero-order valence-electron chi connectivity index (χ0n) is 4.89. The number of esters is 1. The van der Waals surface area contributed by atoms with Gasteiger partial charge in [-0.3, -0.25) is 4.79 Å². The summed E-state index contributed by atoms with van der Waals surface area (Å²) < 4.78 is 4.38. The standard InChI is InChI=1S/C6H7IO2/c1-2-9-5(8)6(7)3-4-6/h2H,1,3-4H2. The fraction of sp³-hybridized carbons (Fsp3) is 0.500. The van der Waals surface area contributed by atoms with Gasteiger partial charge in [0, 0.05) is 0 Å². The van der Waals surface area contributed by atoms with Gasteiger partial charge in [-0.15, -0.1) is 0 Å². The molecule has 1 aliphatic rings. The number of rotatable bonds is 2. The van der Waals surface area contributed by atoms with Crippen LogP contribution in [0.15, 0.2) is 12.8 Å². The molecule has 0 aromatic rings. The molecule has 0 aromatic heterocycles. The molecule has 0 unspecified atom stereocenters. The molecule has 0 radical (unpaired) electrons. The van der Waals surface area contributed by atoms with Crippen LogP contribution in [0.2, 0.25) is 0 Å². The molecule has 0 saturated heterocycles. The first kappa shape index (κ1) is 7.05. The van der Waals surface area contributed by atoms with E-state index in [1.165, 1.54) is 6.26 Å². The highest BCUT2D eigenvalue weighted by Gasteiger charge is 2.48. The highest BCUT2D eigenvalue weighted by Crippen LogP contribution is 2.45. The highest BCUT2D eigenvalue weighted by molar-refractivity contribution is 14.1. The zero-order chi connectivity index (χ0) is 6.91. The minimum atomic E-state index is -0.202. The van der Waals surface area contributed by atoms with Gasteiger partial charge < -0.3 is 4.74 Å². The zero-order valence-corrected chi connectivity index (χ0v) is 7.05. The molecule has 0 bridgehead atoms. The summed E-state index contributed by atoms with van der Waals surface area (Å²) in [6.07, 6.45) is 3.07. The molecule has 0 atom stereocenters. The quantitative estimate of drug-likeness (QED) is 0.316. The molecule has 50 valence electrons. The van der Waals surface area contributed by atoms with E-state index in [-0.39, 0.29) is 9.39 Å². The fourth-order valence-corrected chi connectivity index (χ4v) is 0.892. The number of ether oxygens (including phenoxy) is 1. The van der Waals surface area contributed by atoms with E-state index in [1.807, 2.05) is 0 Å². The third-order valence-corrected chi connectivity index (χ3v) is 2.76. The van der Waals surface area contributed by atoms with E-state index in [1.54, 1.807) is 0 Å². The van der Waals surface area contributed by atoms with Crippen LogP contribution >= 0.6 is 22.6 Å². The van der Waals surface area contributed by atoms with E-state index < -0.39 is 0 Å². The number of halogens is 1. The van der Waals surface area contributed by atoms with Gasteiger partial charge in [0.1, 0.15) is 3.42 Å². The molecule has 0 amide bonds. The van der Waals surface area contributed by atoms with Crippen LogP contribution in [-0.2, 0) is 9.53 Å². The normalized spacial score (nSPS) is 20.6. The summed E-state index contributed by atoms with van der Waals surface area (Å²) >= 11 is 2.11. The number of alkyl halides is 1. The average Bonchev–Trinajstić information content (AvgIpc) is 2.50. The predicted molar refractivity (Wildman–Crippen MR) is 42.3 cm³/mol. The summed E-state index contributed by atoms with van der Waals surface area (Å²) in [4.78, 5) is 10.8. The van der Waals surface area contributed by atoms with Gasteiger partial charge in [0.05, 0.1) is 6.26 Å². The summed E-state index contributed by atoms with van der Waals surface area (Å²) in [6, 6.07) is 0. The molecule has 3 heteroatoms. The van der Waals surface area contributed by atoms with Crippen molar-refractivity contribution >= 4 is 28.6 Å². The van der Waals surface area contributed by atoms with Crippen LogP contribution in [0, 0.1) is 0 Å². The predicted octanol–water partition coefficient (Wildman–Crippen LogP) is 1.64. The molecule has 0 aromatic carbocycles. The Morgan fingerprint density at radius 1 is 1.78 bits per heavy atom. The van der Waals surface area contributed by atoms with E-state index in [4.69, 9.17) is 0 Å². The van der Waals surface area contributed by atoms with Gasteiger partial charge in [0.25, 0.3) is 0 Å². The molecule has 0 spiro atoms. The van der Waals surface area contributed by atoms with Crippen molar-refractivity contribution < 1.29 is 9.53 Å². The molecule has 1 rings (SSSR count). The Balaban J connectivity index is 2.42. The Morgan fingerprint density at radius 3 is 2.67 bits per heavy atom. The summed E-state index contributed by atoms with van der Waals surface area (Å²) in [6.45, 7) is 3.30. The Hall–Kier alpha value is -0.0600. The van der Waals surface area contributed by atoms with E-state index in [9.17, 15) is 4.79 Å². The number of carbonyl (C=O) groups excluding carboxylic acids is 1. The second-order valence-corrected chi connectivity index (χ2v) is 4.10. The van der Waals surface area contributed by atoms with Crippen LogP contribution in [0.25, 0.3) is 0 Å². The van der Waals surface area contributed by atoms with Crippen molar-refractivity contribution in [2.75, 3.05) is 0 Å². The van der Waals surface area contributed by atoms with E-state index in [0.29, 0.717) is 0 Å². The summed E-state index contributed by atoms with van der Waals surface area (Å²) in [7, 11) is 0. The maximum Gasteiger partial charge on any atom is 0.326 e. The molecule has 1 saturated carbocycles. The van der Waals surface area contributed by atoms with Gasteiger partial charge in [-0.25, -0.2) is 0 Å². The monoisotopic (exact) mass is 238 g/mol. The highest BCUT2D eigenvalue weighted by atomic mass is 127. The Labute approximate surface area is 67.4 Å². The van der Waals surface area contributed by atoms with E-state index >= 15 is 0 Å². The third-order valence-electron chi connectivity index (χ3n) is 1.25. The summed E-state index contributed by atoms with van der Waals surface area (Å²) in [5.41, 5.74) is 0. The smallest absolute Gasteiger partial charge is 0.326 e. The molecular formula is C6H7IO2. The molecule has 0 aliphatic heterocycles. The minimum absolute atomic E-state index is 0.155. The SMILES string of the molecule is C=COC(=O)C1(I)CC1. The van der Waals surface area contributed by atoms with Gasteiger partial charge in [-0.05, 0) is 12.8 Å². The van der Waals surface area contributed by atoms with Crippen molar-refractivity contribution in [3.8, 4) is 0 Å². The molecular weight excluding hydrogens is 231 g/mol. The summed E-state index contributed by atoms with van der Waals surface area (Å²) in [5.74, 6) is -0.155. The largest absolute Gasteiger partial charge is 0.434 e. The van der Waals surface area contributed by atoms with Crippen LogP contribution in [0.3, 0.4) is 0 Å². The maximum absolute atomic E-state index is 10.8. The average molecular weight is 238 g/mol. The van der Waals surface area contributed by atoms with Crippen molar-refractivity contribution in [3.63, 3.8) is 0 Å². The summed E-state index contributed by atoms with van der Waals surface area (Å²) in [5, 5.41) is 0. The van der Waals surface area contributed by atoms with Crippen molar-refractivity contribution in [2.24, 2.45) is 0 Å². The molecule has 9 heavy (non-hydrogen) atoms. The van der Waals surface area contributed by atoms with Crippen molar-refractivity contribution in [3.05, 3.63) is 12.8 Å². The molecule has 1 aliphatic carbocycles. The number of hydrogen-bond acceptors (Lipinski definition) is 2. The van der Waals surface area contributed by atoms with E-state index in [0.717, 1.165) is 12.8 Å². The van der Waals surface area contributed by atoms with Gasteiger partial charge >= 0.3 is 5.97 Å². The van der Waals surface area contributed by atoms with Gasteiger partial charge in [0.2, 0.25) is 0 Å². The van der Waals surface area contributed by atoms with Gasteiger partial charge in [-0.1, -0.05) is 29.2 Å². The van der Waals surface area contributed by atoms with Crippen molar-refractivity contribution in [2.45, 2.75) is 16.3 Å². The second kappa shape index (κ2) is 2.28. The van der Waals surface area contributed by atoms with Crippen LogP contribution in [0.4, 0.5) is 0 Å². The minimum Gasteiger partial charge on any atom is -0.434 e. The lowest BCUT2D eigenvalue weighted by Gasteiger charge is -2.00. The van der Waals surface area contributed by atoms with Gasteiger partial charge in [0.15, 0.2) is 0 Å². The van der Waals surface area contributed by atoms with Crippen LogP contribution < -0.4 is 0 Å². The Kier molecular flexibility index (Phi) is 1.79. The maximum atomic E-state index is 10.8. The number of carbonyl (C=O) groups is 1. The molecule has 1 fully saturated rings. The van der Waals surface area contributed by atoms with Crippen LogP contribution in [-0.4, -0.2) is 9.39 Å². The van der Waals surface area contributed by atoms with Gasteiger partial charge in [-0.2, -0.15) is 0 Å². The van der Waals surface area contributed by atoms with Crippen LogP contribution in [0.1, 0.15) is 12.8 Å². The van der Waals surface area contributed by atoms with Crippen molar-refractivity contribution in [1.82, 2.24) is 0 Å². The lowest BCUT2D eigenvalue weighted by Crippen LogP contribution is -2.15. The second-order valence-electron chi connectivity index (χ2n) is 2.04. The first-order valence-electron chi connectivity index (χ1n) is 2.70. The Morgan fingerprint density at radius 2 is 2.33 bits per heavy atom. The van der Waals surface area contributed by atoms with Crippen LogP contribution in [0.5, 0.6) is 0 Å². The lowest BCUT2D eigenvalue weighted by atomic mass is 10.4.